The first-order valence-electron chi connectivity index (χ1n) is 4.62. The van der Waals surface area contributed by atoms with Gasteiger partial charge in [-0.25, -0.2) is 0 Å². The highest BCUT2D eigenvalue weighted by atomic mass is 15.2. The number of aryl methyl sites for hydroxylation is 1. The highest BCUT2D eigenvalue weighted by Gasteiger charge is 2.07. The molecule has 0 saturated carbocycles. The number of nitrogens with one attached hydrogen (secondary N) is 1. The maximum Gasteiger partial charge on any atom is 0.160 e. The molecule has 0 aliphatic carbocycles. The zero-order chi connectivity index (χ0) is 10.3. The maximum atomic E-state index is 4.14. The van der Waals surface area contributed by atoms with Gasteiger partial charge in [0.05, 0.1) is 12.4 Å². The Labute approximate surface area is 85.8 Å². The first-order valence-corrected chi connectivity index (χ1v) is 4.62. The molecule has 3 aromatic heterocycles. The summed E-state index contributed by atoms with van der Waals surface area (Å²) in [6.07, 6.45) is 7.40. The van der Waals surface area contributed by atoms with Crippen LogP contribution < -0.4 is 0 Å². The molecule has 0 aromatic carbocycles. The third-order valence-electron chi connectivity index (χ3n) is 2.38. The van der Waals surface area contributed by atoms with Crippen molar-refractivity contribution in [2.24, 2.45) is 7.05 Å². The van der Waals surface area contributed by atoms with E-state index >= 15 is 0 Å². The number of nitrogens with zero attached hydrogens (tertiary/aromatic N) is 4. The summed E-state index contributed by atoms with van der Waals surface area (Å²) in [5.41, 5.74) is 2.91. The van der Waals surface area contributed by atoms with Crippen LogP contribution in [0.25, 0.3) is 22.2 Å². The molecule has 1 N–H and O–H groups in total. The summed E-state index contributed by atoms with van der Waals surface area (Å²) in [6, 6.07) is 1.99. The maximum absolute atomic E-state index is 4.14. The molecule has 0 spiro atoms. The molecule has 0 fully saturated rings. The molecule has 0 aliphatic rings. The van der Waals surface area contributed by atoms with Gasteiger partial charge in [0.2, 0.25) is 0 Å². The Morgan fingerprint density at radius 3 is 3.07 bits per heavy atom. The number of fused-ring (bicyclic) bond motifs is 1. The Kier molecular flexibility index (Phi) is 1.58. The molecular weight excluding hydrogens is 190 g/mol. The van der Waals surface area contributed by atoms with Crippen LogP contribution in [0.5, 0.6) is 0 Å². The molecule has 3 rings (SSSR count). The van der Waals surface area contributed by atoms with Crippen molar-refractivity contribution in [1.29, 1.82) is 0 Å². The highest BCUT2D eigenvalue weighted by molar-refractivity contribution is 5.91. The lowest BCUT2D eigenvalue weighted by Crippen LogP contribution is -1.86. The summed E-state index contributed by atoms with van der Waals surface area (Å²) in [4.78, 5) is 3.04. The largest absolute Gasteiger partial charge is 0.345 e. The summed E-state index contributed by atoms with van der Waals surface area (Å²) in [5.74, 6) is 0. The Morgan fingerprint density at radius 1 is 1.33 bits per heavy atom. The van der Waals surface area contributed by atoms with Gasteiger partial charge < -0.3 is 4.98 Å². The van der Waals surface area contributed by atoms with Gasteiger partial charge in [-0.05, 0) is 6.07 Å². The standard InChI is InChI=1S/C10H9N5/c1-15-6-7(4-13-15)9-5-12-14-10-8(9)2-3-11-10/h2-6H,1H3,(H,11,14). The fourth-order valence-corrected chi connectivity index (χ4v) is 1.66. The molecule has 3 aromatic rings. The van der Waals surface area contributed by atoms with Crippen molar-refractivity contribution in [2.45, 2.75) is 0 Å². The van der Waals surface area contributed by atoms with Gasteiger partial charge in [0.25, 0.3) is 0 Å². The number of hydrogen-bond acceptors (Lipinski definition) is 3. The summed E-state index contributed by atoms with van der Waals surface area (Å²) >= 11 is 0. The third-order valence-corrected chi connectivity index (χ3v) is 2.38. The molecule has 5 heteroatoms. The van der Waals surface area contributed by atoms with E-state index in [-0.39, 0.29) is 0 Å². The van der Waals surface area contributed by atoms with Crippen molar-refractivity contribution in [2.75, 3.05) is 0 Å². The van der Waals surface area contributed by atoms with Gasteiger partial charge in [-0.15, -0.1) is 5.10 Å². The van der Waals surface area contributed by atoms with Gasteiger partial charge in [0.1, 0.15) is 0 Å². The van der Waals surface area contributed by atoms with Crippen LogP contribution in [0.15, 0.2) is 30.9 Å². The molecular formula is C10H9N5. The second-order valence-electron chi connectivity index (χ2n) is 3.40. The SMILES string of the molecule is Cn1cc(-c2cnnc3[nH]ccc23)cn1. The summed E-state index contributed by atoms with van der Waals surface area (Å²) in [5, 5.41) is 13.2. The van der Waals surface area contributed by atoms with Crippen molar-refractivity contribution in [3.05, 3.63) is 30.9 Å². The topological polar surface area (TPSA) is 59.4 Å². The van der Waals surface area contributed by atoms with E-state index in [0.29, 0.717) is 0 Å². The second-order valence-corrected chi connectivity index (χ2v) is 3.40. The van der Waals surface area contributed by atoms with E-state index in [1.807, 2.05) is 31.7 Å². The summed E-state index contributed by atoms with van der Waals surface area (Å²) < 4.78 is 1.77. The lowest BCUT2D eigenvalue weighted by atomic mass is 10.1. The predicted octanol–water partition coefficient (Wildman–Crippen LogP) is 1.36. The highest BCUT2D eigenvalue weighted by Crippen LogP contribution is 2.24. The summed E-state index contributed by atoms with van der Waals surface area (Å²) in [6.45, 7) is 0. The predicted molar refractivity (Wildman–Crippen MR) is 56.1 cm³/mol. The fraction of sp³-hybridized carbons (Fsp3) is 0.100. The number of hydrogen-bond donors (Lipinski definition) is 1. The first kappa shape index (κ1) is 8.16. The Hall–Kier alpha value is -2.17. The Bertz CT molecular complexity index is 607. The van der Waals surface area contributed by atoms with Crippen LogP contribution in [0.1, 0.15) is 0 Å². The fourth-order valence-electron chi connectivity index (χ4n) is 1.66. The zero-order valence-corrected chi connectivity index (χ0v) is 8.18. The quantitative estimate of drug-likeness (QED) is 0.643. The average Bonchev–Trinajstić information content (AvgIpc) is 2.84. The minimum Gasteiger partial charge on any atom is -0.345 e. The molecule has 0 amide bonds. The van der Waals surface area contributed by atoms with E-state index in [0.717, 1.165) is 22.2 Å². The van der Waals surface area contributed by atoms with Crippen molar-refractivity contribution in [1.82, 2.24) is 25.0 Å². The minimum atomic E-state index is 0.802. The van der Waals surface area contributed by atoms with Crippen molar-refractivity contribution < 1.29 is 0 Å². The smallest absolute Gasteiger partial charge is 0.160 e. The van der Waals surface area contributed by atoms with E-state index in [1.165, 1.54) is 0 Å². The van der Waals surface area contributed by atoms with Gasteiger partial charge in [-0.3, -0.25) is 4.68 Å². The minimum absolute atomic E-state index is 0.802. The number of aromatic nitrogens is 5. The van der Waals surface area contributed by atoms with Crippen LogP contribution in [-0.2, 0) is 7.05 Å². The second kappa shape index (κ2) is 2.91. The molecule has 0 saturated heterocycles. The molecule has 0 unspecified atom stereocenters. The third kappa shape index (κ3) is 1.20. The monoisotopic (exact) mass is 199 g/mol. The van der Waals surface area contributed by atoms with Crippen LogP contribution >= 0.6 is 0 Å². The number of H-pyrrole nitrogens is 1. The number of rotatable bonds is 1. The van der Waals surface area contributed by atoms with Gasteiger partial charge in [0, 0.05) is 36.0 Å². The molecule has 0 bridgehead atoms. The molecule has 0 aliphatic heterocycles. The lowest BCUT2D eigenvalue weighted by Gasteiger charge is -1.96. The van der Waals surface area contributed by atoms with Crippen molar-refractivity contribution >= 4 is 11.0 Å². The van der Waals surface area contributed by atoms with Crippen molar-refractivity contribution in [3.8, 4) is 11.1 Å². The normalized spacial score (nSPS) is 11.0. The molecule has 74 valence electrons. The lowest BCUT2D eigenvalue weighted by molar-refractivity contribution is 0.768. The van der Waals surface area contributed by atoms with E-state index in [9.17, 15) is 0 Å². The van der Waals surface area contributed by atoms with E-state index < -0.39 is 0 Å². The molecule has 0 atom stereocenters. The van der Waals surface area contributed by atoms with E-state index in [1.54, 1.807) is 10.9 Å². The van der Waals surface area contributed by atoms with Crippen LogP contribution in [0.3, 0.4) is 0 Å². The van der Waals surface area contributed by atoms with Crippen LogP contribution in [0, 0.1) is 0 Å². The van der Waals surface area contributed by atoms with Crippen LogP contribution in [0.4, 0.5) is 0 Å². The van der Waals surface area contributed by atoms with Crippen LogP contribution in [-0.4, -0.2) is 25.0 Å². The average molecular weight is 199 g/mol. The first-order chi connectivity index (χ1) is 7.34. The van der Waals surface area contributed by atoms with Gasteiger partial charge in [-0.2, -0.15) is 10.2 Å². The molecule has 0 radical (unpaired) electrons. The van der Waals surface area contributed by atoms with Gasteiger partial charge >= 0.3 is 0 Å². The summed E-state index contributed by atoms with van der Waals surface area (Å²) in [7, 11) is 1.90. The van der Waals surface area contributed by atoms with Gasteiger partial charge in [0.15, 0.2) is 5.65 Å². The molecule has 5 nitrogen and oxygen atoms in total. The van der Waals surface area contributed by atoms with E-state index in [2.05, 4.69) is 20.3 Å². The zero-order valence-electron chi connectivity index (χ0n) is 8.18. The van der Waals surface area contributed by atoms with E-state index in [4.69, 9.17) is 0 Å². The van der Waals surface area contributed by atoms with Gasteiger partial charge in [-0.1, -0.05) is 0 Å². The van der Waals surface area contributed by atoms with Crippen LogP contribution in [0.2, 0.25) is 0 Å². The Balaban J connectivity index is 2.30. The molecule has 3 heterocycles. The molecule has 15 heavy (non-hydrogen) atoms. The van der Waals surface area contributed by atoms with Crippen molar-refractivity contribution in [3.63, 3.8) is 0 Å². The number of aromatic amines is 1. The Morgan fingerprint density at radius 2 is 2.27 bits per heavy atom.